The number of hydrogen-bond donors (Lipinski definition) is 2. The molecule has 211 valence electrons. The van der Waals surface area contributed by atoms with Gasteiger partial charge in [-0.25, -0.2) is 23.7 Å². The molecule has 3 unspecified atom stereocenters. The molecule has 4 rings (SSSR count). The molecule has 5 atom stereocenters. The summed E-state index contributed by atoms with van der Waals surface area (Å²) in [4.78, 5) is 41.8. The van der Waals surface area contributed by atoms with Gasteiger partial charge in [-0.05, 0) is 70.0 Å². The second kappa shape index (κ2) is 10.6. The van der Waals surface area contributed by atoms with Crippen LogP contribution in [0.1, 0.15) is 40.5 Å². The van der Waals surface area contributed by atoms with Crippen LogP contribution in [0.15, 0.2) is 47.4 Å². The zero-order valence-corrected chi connectivity index (χ0v) is 23.8. The Morgan fingerprint density at radius 3 is 2.41 bits per heavy atom. The van der Waals surface area contributed by atoms with Crippen LogP contribution < -0.4 is 15.8 Å². The van der Waals surface area contributed by atoms with Crippen molar-refractivity contribution in [1.29, 1.82) is 0 Å². The summed E-state index contributed by atoms with van der Waals surface area (Å²) in [6, 6.07) is 10.5. The van der Waals surface area contributed by atoms with Gasteiger partial charge >= 0.3 is 5.97 Å². The van der Waals surface area contributed by atoms with Gasteiger partial charge in [0.05, 0.1) is 22.8 Å². The van der Waals surface area contributed by atoms with Gasteiger partial charge in [0.2, 0.25) is 15.9 Å². The molecule has 2 aromatic rings. The fourth-order valence-electron chi connectivity index (χ4n) is 5.26. The summed E-state index contributed by atoms with van der Waals surface area (Å²) in [5, 5.41) is 4.83. The Morgan fingerprint density at radius 1 is 1.13 bits per heavy atom. The highest BCUT2D eigenvalue weighted by molar-refractivity contribution is 7.89. The number of carbonyl (C=O) groups excluding carboxylic acids is 3. The lowest BCUT2D eigenvalue weighted by molar-refractivity contribution is -0.160. The Morgan fingerprint density at radius 2 is 1.79 bits per heavy atom. The minimum atomic E-state index is -4.11. The topological polar surface area (TPSA) is 146 Å². The number of nitrogens with zero attached hydrogens (tertiary/aromatic N) is 1. The summed E-state index contributed by atoms with van der Waals surface area (Å²) >= 11 is 0. The molecule has 1 saturated carbocycles. The van der Waals surface area contributed by atoms with E-state index in [1.165, 1.54) is 24.0 Å². The molecular formula is C28H37N4O6S. The highest BCUT2D eigenvalue weighted by atomic mass is 32.2. The van der Waals surface area contributed by atoms with Crippen molar-refractivity contribution in [3.8, 4) is 0 Å². The zero-order valence-electron chi connectivity index (χ0n) is 23.0. The van der Waals surface area contributed by atoms with Gasteiger partial charge in [0.25, 0.3) is 0 Å². The van der Waals surface area contributed by atoms with Crippen molar-refractivity contribution < 1.29 is 27.5 Å². The van der Waals surface area contributed by atoms with Gasteiger partial charge in [-0.3, -0.25) is 9.59 Å². The molecule has 1 radical (unpaired) electrons. The number of hydrogen-bond acceptors (Lipinski definition) is 7. The van der Waals surface area contributed by atoms with Gasteiger partial charge in [0.15, 0.2) is 11.3 Å². The van der Waals surface area contributed by atoms with Crippen molar-refractivity contribution in [2.24, 2.45) is 11.8 Å². The molecule has 0 aromatic heterocycles. The van der Waals surface area contributed by atoms with Crippen LogP contribution in [0.4, 0.5) is 0 Å². The predicted octanol–water partition coefficient (Wildman–Crippen LogP) is 1.90. The lowest BCUT2D eigenvalue weighted by Gasteiger charge is -2.32. The number of esters is 1. The van der Waals surface area contributed by atoms with Crippen molar-refractivity contribution in [2.45, 2.75) is 68.7 Å². The quantitative estimate of drug-likeness (QED) is 0.472. The van der Waals surface area contributed by atoms with Crippen LogP contribution in [0.3, 0.4) is 0 Å². The molecule has 2 aliphatic rings. The molecule has 3 N–H and O–H groups in total. The number of ketones is 1. The third kappa shape index (κ3) is 5.86. The van der Waals surface area contributed by atoms with Gasteiger partial charge in [0, 0.05) is 19.6 Å². The Hall–Kier alpha value is -2.86. The first-order chi connectivity index (χ1) is 18.2. The number of Topliss-reactive ketones (excluding diaryl/α,β-unsaturated/α-hetero) is 1. The van der Waals surface area contributed by atoms with Crippen LogP contribution in [0.2, 0.25) is 0 Å². The van der Waals surface area contributed by atoms with Gasteiger partial charge in [-0.15, -0.1) is 0 Å². The van der Waals surface area contributed by atoms with Crippen molar-refractivity contribution in [2.75, 3.05) is 20.1 Å². The Bertz CT molecular complexity index is 1380. The van der Waals surface area contributed by atoms with Gasteiger partial charge in [-0.1, -0.05) is 30.3 Å². The Kier molecular flexibility index (Phi) is 7.92. The first kappa shape index (κ1) is 29.1. The number of rotatable bonds is 8. The van der Waals surface area contributed by atoms with Crippen LogP contribution in [-0.4, -0.2) is 74.3 Å². The monoisotopic (exact) mass is 557 g/mol. The molecule has 0 spiro atoms. The fourth-order valence-corrected chi connectivity index (χ4v) is 6.50. The molecular weight excluding hydrogens is 520 g/mol. The van der Waals surface area contributed by atoms with Crippen LogP contribution in [0.5, 0.6) is 0 Å². The second-order valence-corrected chi connectivity index (χ2v) is 13.2. The largest absolute Gasteiger partial charge is 0.459 e. The average Bonchev–Trinajstić information content (AvgIpc) is 3.52. The first-order valence-electron chi connectivity index (χ1n) is 13.2. The molecule has 1 amide bonds. The van der Waals surface area contributed by atoms with E-state index < -0.39 is 56.7 Å². The van der Waals surface area contributed by atoms with E-state index in [0.717, 1.165) is 30.2 Å². The SMILES string of the molecule is C[C@H](NS(=O)(=O)c1ccc2ccccc2c1)C(=O)C1[C@H](C(=O)N(C)C2CCCNC2)C1([NH])C(=O)OC(C)(C)C. The van der Waals surface area contributed by atoms with E-state index in [9.17, 15) is 22.8 Å². The number of sulfonamides is 1. The summed E-state index contributed by atoms with van der Waals surface area (Å²) in [5.74, 6) is -4.76. The number of likely N-dealkylation sites (N-methyl/N-ethyl adjacent to an activating group) is 1. The number of nitrogens with one attached hydrogen (secondary N) is 3. The highest BCUT2D eigenvalue weighted by Gasteiger charge is 2.76. The third-order valence-electron chi connectivity index (χ3n) is 7.47. The number of fused-ring (bicyclic) bond motifs is 1. The maximum Gasteiger partial charge on any atom is 0.329 e. The lowest BCUT2D eigenvalue weighted by Crippen LogP contribution is -2.48. The van der Waals surface area contributed by atoms with E-state index >= 15 is 0 Å². The van der Waals surface area contributed by atoms with Gasteiger partial charge in [0.1, 0.15) is 5.60 Å². The number of amides is 1. The van der Waals surface area contributed by atoms with Crippen LogP contribution >= 0.6 is 0 Å². The molecule has 10 nitrogen and oxygen atoms in total. The summed E-state index contributed by atoms with van der Waals surface area (Å²) in [6.07, 6.45) is 1.64. The molecule has 39 heavy (non-hydrogen) atoms. The fraction of sp³-hybridized carbons (Fsp3) is 0.536. The summed E-state index contributed by atoms with van der Waals surface area (Å²) in [5.41, 5.74) is 5.88. The zero-order chi connectivity index (χ0) is 28.8. The van der Waals surface area contributed by atoms with E-state index in [1.807, 2.05) is 12.1 Å². The molecule has 2 fully saturated rings. The average molecular weight is 558 g/mol. The van der Waals surface area contributed by atoms with E-state index in [1.54, 1.807) is 46.0 Å². The normalized spacial score (nSPS) is 26.1. The van der Waals surface area contributed by atoms with Crippen molar-refractivity contribution >= 4 is 38.5 Å². The number of carbonyl (C=O) groups is 3. The Balaban J connectivity index is 1.57. The van der Waals surface area contributed by atoms with E-state index in [0.29, 0.717) is 6.54 Å². The highest BCUT2D eigenvalue weighted by Crippen LogP contribution is 2.53. The van der Waals surface area contributed by atoms with Crippen molar-refractivity contribution in [1.82, 2.24) is 20.7 Å². The minimum absolute atomic E-state index is 0.0157. The number of benzene rings is 2. The van der Waals surface area contributed by atoms with Crippen LogP contribution in [-0.2, 0) is 29.1 Å². The van der Waals surface area contributed by atoms with Crippen molar-refractivity contribution in [3.63, 3.8) is 0 Å². The maximum atomic E-state index is 13.6. The minimum Gasteiger partial charge on any atom is -0.459 e. The third-order valence-corrected chi connectivity index (χ3v) is 9.01. The van der Waals surface area contributed by atoms with Crippen LogP contribution in [0, 0.1) is 11.8 Å². The van der Waals surface area contributed by atoms with E-state index in [2.05, 4.69) is 10.0 Å². The second-order valence-electron chi connectivity index (χ2n) is 11.5. The predicted molar refractivity (Wildman–Crippen MR) is 146 cm³/mol. The molecule has 2 aromatic carbocycles. The summed E-state index contributed by atoms with van der Waals surface area (Å²) in [6.45, 7) is 7.72. The van der Waals surface area contributed by atoms with E-state index in [-0.39, 0.29) is 10.9 Å². The van der Waals surface area contributed by atoms with Gasteiger partial charge < -0.3 is 15.0 Å². The summed E-state index contributed by atoms with van der Waals surface area (Å²) < 4.78 is 34.2. The molecule has 1 aliphatic carbocycles. The first-order valence-corrected chi connectivity index (χ1v) is 14.7. The lowest BCUT2D eigenvalue weighted by atomic mass is 10.0. The standard InChI is InChI=1S/C28H37N4O6S/c1-17(31-39(36,37)21-13-12-18-9-6-7-10-19(18)15-21)24(33)22-23(28(22,29)26(35)38-27(2,3)4)25(34)32(5)20-11-8-14-30-16-20/h6-7,9-10,12-13,15,17,20,22-23,29-31H,8,11,14,16H2,1-5H3/t17-,20?,22?,23+,28?/m0/s1. The summed E-state index contributed by atoms with van der Waals surface area (Å²) in [7, 11) is -2.50. The smallest absolute Gasteiger partial charge is 0.329 e. The van der Waals surface area contributed by atoms with Crippen LogP contribution in [0.25, 0.3) is 10.8 Å². The molecule has 11 heteroatoms. The molecule has 0 bridgehead atoms. The molecule has 1 heterocycles. The number of piperidine rings is 1. The molecule has 1 aliphatic heterocycles. The Labute approximate surface area is 229 Å². The van der Waals surface area contributed by atoms with Gasteiger partial charge in [-0.2, -0.15) is 0 Å². The van der Waals surface area contributed by atoms with Crippen molar-refractivity contribution in [3.05, 3.63) is 42.5 Å². The molecule has 1 saturated heterocycles. The maximum absolute atomic E-state index is 13.6. The number of ether oxygens (including phenoxy) is 1. The van der Waals surface area contributed by atoms with E-state index in [4.69, 9.17) is 10.5 Å².